The number of hydrogen-bond donors (Lipinski definition) is 1. The van der Waals surface area contributed by atoms with Crippen LogP contribution in [0.25, 0.3) is 6.08 Å². The van der Waals surface area contributed by atoms with Crippen LogP contribution in [0.2, 0.25) is 0 Å². The van der Waals surface area contributed by atoms with E-state index in [4.69, 9.17) is 4.74 Å². The standard InChI is InChI=1S/C24H29FN2O2/c1-3-17-27(19-15-21-7-12-23(29-2)13-8-21)18-4-16-26-24(28)14-9-20-5-10-22(25)11-6-20/h3,5-14H,1,4,15-19H2,2H3,(H,26,28). The van der Waals surface area contributed by atoms with E-state index < -0.39 is 0 Å². The number of carbonyl (C=O) groups is 1. The molecule has 1 amide bonds. The van der Waals surface area contributed by atoms with Crippen LogP contribution in [0.4, 0.5) is 4.39 Å². The van der Waals surface area contributed by atoms with Crippen molar-refractivity contribution in [2.75, 3.05) is 33.3 Å². The van der Waals surface area contributed by atoms with Crippen LogP contribution >= 0.6 is 0 Å². The Morgan fingerprint density at radius 1 is 1.14 bits per heavy atom. The normalized spacial score (nSPS) is 11.0. The molecule has 0 unspecified atom stereocenters. The van der Waals surface area contributed by atoms with E-state index in [1.54, 1.807) is 25.3 Å². The molecule has 0 spiro atoms. The number of ether oxygens (including phenoxy) is 1. The van der Waals surface area contributed by atoms with Crippen molar-refractivity contribution in [1.82, 2.24) is 10.2 Å². The average Bonchev–Trinajstić information content (AvgIpc) is 2.75. The number of carbonyl (C=O) groups excluding carboxylic acids is 1. The van der Waals surface area contributed by atoms with Gasteiger partial charge in [0.1, 0.15) is 11.6 Å². The van der Waals surface area contributed by atoms with Gasteiger partial charge in [0, 0.05) is 32.3 Å². The van der Waals surface area contributed by atoms with Crippen LogP contribution in [-0.2, 0) is 11.2 Å². The molecule has 5 heteroatoms. The molecular formula is C24H29FN2O2. The lowest BCUT2D eigenvalue weighted by Crippen LogP contribution is -2.31. The quantitative estimate of drug-likeness (QED) is 0.334. The van der Waals surface area contributed by atoms with Crippen molar-refractivity contribution in [1.29, 1.82) is 0 Å². The minimum atomic E-state index is -0.289. The van der Waals surface area contributed by atoms with E-state index in [0.29, 0.717) is 6.54 Å². The van der Waals surface area contributed by atoms with Crippen LogP contribution in [0.5, 0.6) is 5.75 Å². The molecule has 0 aliphatic heterocycles. The molecule has 4 nitrogen and oxygen atoms in total. The van der Waals surface area contributed by atoms with Gasteiger partial charge in [-0.3, -0.25) is 9.69 Å². The molecule has 0 aromatic heterocycles. The zero-order valence-corrected chi connectivity index (χ0v) is 16.9. The number of halogens is 1. The molecule has 0 atom stereocenters. The Hall–Kier alpha value is -2.92. The number of benzene rings is 2. The van der Waals surface area contributed by atoms with Gasteiger partial charge in [-0.1, -0.05) is 30.3 Å². The number of nitrogens with one attached hydrogen (secondary N) is 1. The van der Waals surface area contributed by atoms with E-state index in [-0.39, 0.29) is 11.7 Å². The lowest BCUT2D eigenvalue weighted by atomic mass is 10.1. The van der Waals surface area contributed by atoms with Crippen LogP contribution < -0.4 is 10.1 Å². The fourth-order valence-corrected chi connectivity index (χ4v) is 2.88. The first-order valence-electron chi connectivity index (χ1n) is 9.78. The molecule has 0 saturated carbocycles. The second-order valence-electron chi connectivity index (χ2n) is 6.72. The Morgan fingerprint density at radius 3 is 2.52 bits per heavy atom. The van der Waals surface area contributed by atoms with Gasteiger partial charge in [0.2, 0.25) is 5.91 Å². The van der Waals surface area contributed by atoms with Crippen molar-refractivity contribution in [3.05, 3.63) is 84.2 Å². The minimum Gasteiger partial charge on any atom is -0.497 e. The number of rotatable bonds is 12. The summed E-state index contributed by atoms with van der Waals surface area (Å²) in [6.45, 7) is 7.05. The van der Waals surface area contributed by atoms with E-state index >= 15 is 0 Å². The molecule has 29 heavy (non-hydrogen) atoms. The summed E-state index contributed by atoms with van der Waals surface area (Å²) < 4.78 is 18.1. The summed E-state index contributed by atoms with van der Waals surface area (Å²) in [5.74, 6) is 0.423. The highest BCUT2D eigenvalue weighted by molar-refractivity contribution is 5.91. The Kier molecular flexibility index (Phi) is 9.66. The minimum absolute atomic E-state index is 0.150. The predicted molar refractivity (Wildman–Crippen MR) is 116 cm³/mol. The van der Waals surface area contributed by atoms with Crippen LogP contribution in [0.1, 0.15) is 17.5 Å². The number of nitrogens with zero attached hydrogens (tertiary/aromatic N) is 1. The molecule has 0 saturated heterocycles. The molecule has 154 valence electrons. The summed E-state index contributed by atoms with van der Waals surface area (Å²) in [7, 11) is 1.66. The van der Waals surface area contributed by atoms with E-state index in [1.165, 1.54) is 23.8 Å². The highest BCUT2D eigenvalue weighted by atomic mass is 19.1. The van der Waals surface area contributed by atoms with Gasteiger partial charge in [-0.05, 0) is 54.3 Å². The zero-order valence-electron chi connectivity index (χ0n) is 16.9. The molecular weight excluding hydrogens is 367 g/mol. The molecule has 2 rings (SSSR count). The second kappa shape index (κ2) is 12.5. The lowest BCUT2D eigenvalue weighted by molar-refractivity contribution is -0.116. The highest BCUT2D eigenvalue weighted by Crippen LogP contribution is 2.12. The first-order chi connectivity index (χ1) is 14.1. The highest BCUT2D eigenvalue weighted by Gasteiger charge is 2.04. The SMILES string of the molecule is C=CCN(CCCNC(=O)C=Cc1ccc(F)cc1)CCc1ccc(OC)cc1. The third-order valence-corrected chi connectivity index (χ3v) is 4.51. The van der Waals surface area contributed by atoms with Crippen LogP contribution in [0, 0.1) is 5.82 Å². The Labute approximate surface area is 172 Å². The molecule has 0 aliphatic carbocycles. The van der Waals surface area contributed by atoms with Gasteiger partial charge in [0.15, 0.2) is 0 Å². The van der Waals surface area contributed by atoms with Gasteiger partial charge < -0.3 is 10.1 Å². The van der Waals surface area contributed by atoms with Gasteiger partial charge >= 0.3 is 0 Å². The van der Waals surface area contributed by atoms with E-state index in [9.17, 15) is 9.18 Å². The first-order valence-corrected chi connectivity index (χ1v) is 9.78. The van der Waals surface area contributed by atoms with Crippen molar-refractivity contribution in [3.8, 4) is 5.75 Å². The summed E-state index contributed by atoms with van der Waals surface area (Å²) in [6.07, 6.45) is 6.85. The Morgan fingerprint density at radius 2 is 1.86 bits per heavy atom. The Bertz CT molecular complexity index is 786. The van der Waals surface area contributed by atoms with Crippen molar-refractivity contribution in [2.24, 2.45) is 0 Å². The van der Waals surface area contributed by atoms with Gasteiger partial charge in [-0.25, -0.2) is 4.39 Å². The third kappa shape index (κ3) is 8.75. The second-order valence-corrected chi connectivity index (χ2v) is 6.72. The summed E-state index contributed by atoms with van der Waals surface area (Å²) in [5.41, 5.74) is 2.05. The van der Waals surface area contributed by atoms with E-state index in [1.807, 2.05) is 18.2 Å². The maximum absolute atomic E-state index is 12.9. The number of methoxy groups -OCH3 is 1. The zero-order chi connectivity index (χ0) is 20.9. The topological polar surface area (TPSA) is 41.6 Å². The van der Waals surface area contributed by atoms with Gasteiger partial charge in [0.05, 0.1) is 7.11 Å². The third-order valence-electron chi connectivity index (χ3n) is 4.51. The van der Waals surface area contributed by atoms with Crippen LogP contribution in [0.3, 0.4) is 0 Å². The van der Waals surface area contributed by atoms with E-state index in [0.717, 1.165) is 43.8 Å². The fourth-order valence-electron chi connectivity index (χ4n) is 2.88. The largest absolute Gasteiger partial charge is 0.497 e. The van der Waals surface area contributed by atoms with E-state index in [2.05, 4.69) is 28.9 Å². The molecule has 2 aromatic rings. The monoisotopic (exact) mass is 396 g/mol. The van der Waals surface area contributed by atoms with Crippen molar-refractivity contribution in [3.63, 3.8) is 0 Å². The Balaban J connectivity index is 1.69. The number of amides is 1. The maximum Gasteiger partial charge on any atom is 0.243 e. The summed E-state index contributed by atoms with van der Waals surface area (Å²) in [5, 5.41) is 2.88. The smallest absolute Gasteiger partial charge is 0.243 e. The molecule has 0 fully saturated rings. The fraction of sp³-hybridized carbons (Fsp3) is 0.292. The van der Waals surface area contributed by atoms with Gasteiger partial charge in [-0.2, -0.15) is 0 Å². The maximum atomic E-state index is 12.9. The molecule has 1 N–H and O–H groups in total. The molecule has 0 heterocycles. The molecule has 0 bridgehead atoms. The molecule has 0 aliphatic rings. The van der Waals surface area contributed by atoms with Crippen LogP contribution in [0.15, 0.2) is 67.3 Å². The lowest BCUT2D eigenvalue weighted by Gasteiger charge is -2.20. The number of hydrogen-bond acceptors (Lipinski definition) is 3. The van der Waals surface area contributed by atoms with Crippen molar-refractivity contribution in [2.45, 2.75) is 12.8 Å². The van der Waals surface area contributed by atoms with Crippen LogP contribution in [-0.4, -0.2) is 44.1 Å². The van der Waals surface area contributed by atoms with Crippen molar-refractivity contribution < 1.29 is 13.9 Å². The van der Waals surface area contributed by atoms with Gasteiger partial charge in [-0.15, -0.1) is 6.58 Å². The molecule has 0 radical (unpaired) electrons. The summed E-state index contributed by atoms with van der Waals surface area (Å²) >= 11 is 0. The van der Waals surface area contributed by atoms with Crippen molar-refractivity contribution >= 4 is 12.0 Å². The first kappa shape index (κ1) is 22.4. The summed E-state index contributed by atoms with van der Waals surface area (Å²) in [6, 6.07) is 14.1. The molecule has 2 aromatic carbocycles. The average molecular weight is 397 g/mol. The predicted octanol–water partition coefficient (Wildman–Crippen LogP) is 4.08. The van der Waals surface area contributed by atoms with Gasteiger partial charge in [0.25, 0.3) is 0 Å². The summed E-state index contributed by atoms with van der Waals surface area (Å²) in [4.78, 5) is 14.2.